The molecule has 1 unspecified atom stereocenters. The third kappa shape index (κ3) is 9.70. The van der Waals surface area contributed by atoms with Gasteiger partial charge in [0, 0.05) is 12.6 Å². The van der Waals surface area contributed by atoms with E-state index in [0.29, 0.717) is 27.8 Å². The smallest absolute Gasteiger partial charge is 0.475 e. The summed E-state index contributed by atoms with van der Waals surface area (Å²) in [4.78, 5) is 22.2. The highest BCUT2D eigenvalue weighted by Crippen LogP contribution is 2.31. The molecule has 228 valence electrons. The fraction of sp³-hybridized carbons (Fsp3) is 0.185. The van der Waals surface area contributed by atoms with Crippen LogP contribution < -0.4 is 11.1 Å². The van der Waals surface area contributed by atoms with Crippen molar-refractivity contribution in [3.63, 3.8) is 0 Å². The Morgan fingerprint density at radius 3 is 2.30 bits per heavy atom. The number of carbonyl (C=O) groups excluding carboxylic acids is 1. The lowest BCUT2D eigenvalue weighted by Gasteiger charge is -2.26. The first kappa shape index (κ1) is 34.6. The molecule has 0 aromatic heterocycles. The quantitative estimate of drug-likeness (QED) is 0.123. The number of hydrogen-bond donors (Lipinski definition) is 4. The zero-order valence-electron chi connectivity index (χ0n) is 22.5. The molecule has 0 spiro atoms. The van der Waals surface area contributed by atoms with E-state index in [-0.39, 0.29) is 23.0 Å². The van der Waals surface area contributed by atoms with E-state index in [1.807, 2.05) is 0 Å². The number of alkyl halides is 3. The molecule has 0 heterocycles. The number of aliphatic carboxylic acids is 1. The minimum atomic E-state index is -5.08. The lowest BCUT2D eigenvalue weighted by atomic mass is 10.00. The molecule has 0 bridgehead atoms. The third-order valence-corrected chi connectivity index (χ3v) is 7.47. The highest BCUT2D eigenvalue weighted by molar-refractivity contribution is 7.88. The number of halogens is 4. The molecule has 3 aromatic carbocycles. The van der Waals surface area contributed by atoms with Crippen LogP contribution in [0.1, 0.15) is 16.7 Å². The highest BCUT2D eigenvalue weighted by atomic mass is 35.5. The van der Waals surface area contributed by atoms with Gasteiger partial charge in [0.05, 0.1) is 28.6 Å². The predicted octanol–water partition coefficient (Wildman–Crippen LogP) is 4.05. The molecule has 0 saturated carbocycles. The number of nitrogens with zero attached hydrogens (tertiary/aromatic N) is 3. The molecular weight excluding hydrogens is 615 g/mol. The van der Waals surface area contributed by atoms with Gasteiger partial charge in [-0.05, 0) is 47.4 Å². The Balaban J connectivity index is 0.000000821. The summed E-state index contributed by atoms with van der Waals surface area (Å²) in [5, 5.41) is 31.3. The second kappa shape index (κ2) is 14.5. The molecule has 1 atom stereocenters. The molecule has 0 fully saturated rings. The number of hydrogen-bond acceptors (Lipinski definition) is 7. The molecular formula is C27H25ClF3N5O6S. The Labute approximate surface area is 249 Å². The minimum absolute atomic E-state index is 0.0210. The summed E-state index contributed by atoms with van der Waals surface area (Å²) in [5.74, 6) is -3.46. The van der Waals surface area contributed by atoms with Crippen molar-refractivity contribution in [2.75, 3.05) is 18.6 Å². The number of amides is 1. The topological polar surface area (TPSA) is 186 Å². The first-order chi connectivity index (χ1) is 20.0. The van der Waals surface area contributed by atoms with Crippen LogP contribution in [-0.4, -0.2) is 66.3 Å². The van der Waals surface area contributed by atoms with Gasteiger partial charge in [-0.15, -0.1) is 0 Å². The van der Waals surface area contributed by atoms with Gasteiger partial charge in [0.25, 0.3) is 0 Å². The number of nitrogens with two attached hydrogens (primary N) is 1. The van der Waals surface area contributed by atoms with Crippen molar-refractivity contribution in [3.05, 3.63) is 88.4 Å². The van der Waals surface area contributed by atoms with Gasteiger partial charge in [-0.3, -0.25) is 4.79 Å². The molecule has 0 aliphatic carbocycles. The van der Waals surface area contributed by atoms with E-state index >= 15 is 0 Å². The molecule has 43 heavy (non-hydrogen) atoms. The van der Waals surface area contributed by atoms with Crippen LogP contribution in [0.15, 0.2) is 71.9 Å². The fourth-order valence-electron chi connectivity index (χ4n) is 3.59. The second-order valence-electron chi connectivity index (χ2n) is 8.83. The summed E-state index contributed by atoms with van der Waals surface area (Å²) in [5.41, 5.74) is 8.84. The molecule has 3 aromatic rings. The lowest BCUT2D eigenvalue weighted by Crippen LogP contribution is -2.46. The van der Waals surface area contributed by atoms with Crippen molar-refractivity contribution < 1.29 is 41.5 Å². The molecule has 0 saturated heterocycles. The number of nitrogens with one attached hydrogen (secondary N) is 1. The number of likely N-dealkylation sites (N-methyl/N-ethyl adjacent to an activating group) is 1. The number of sulfonamides is 1. The van der Waals surface area contributed by atoms with Gasteiger partial charge in [0.1, 0.15) is 6.04 Å². The van der Waals surface area contributed by atoms with Crippen LogP contribution in [0, 0.1) is 11.3 Å². The number of anilines is 1. The van der Waals surface area contributed by atoms with Gasteiger partial charge >= 0.3 is 12.1 Å². The van der Waals surface area contributed by atoms with E-state index in [9.17, 15) is 31.6 Å². The normalized spacial score (nSPS) is 12.5. The van der Waals surface area contributed by atoms with Gasteiger partial charge in [-0.2, -0.15) is 22.7 Å². The molecule has 16 heteroatoms. The minimum Gasteiger partial charge on any atom is -0.475 e. The van der Waals surface area contributed by atoms with Crippen LogP contribution in [0.25, 0.3) is 11.1 Å². The van der Waals surface area contributed by atoms with Crippen molar-refractivity contribution in [2.45, 2.75) is 18.6 Å². The lowest BCUT2D eigenvalue weighted by molar-refractivity contribution is -0.192. The van der Waals surface area contributed by atoms with Gasteiger partial charge in [-0.1, -0.05) is 59.2 Å². The van der Waals surface area contributed by atoms with Gasteiger partial charge in [-0.25, -0.2) is 13.2 Å². The van der Waals surface area contributed by atoms with E-state index in [2.05, 4.69) is 16.5 Å². The molecule has 5 N–H and O–H groups in total. The Morgan fingerprint density at radius 1 is 1.14 bits per heavy atom. The maximum atomic E-state index is 13.3. The van der Waals surface area contributed by atoms with Gasteiger partial charge in [0.15, 0.2) is 5.84 Å². The molecule has 0 aliphatic heterocycles. The summed E-state index contributed by atoms with van der Waals surface area (Å²) in [7, 11) is -2.41. The van der Waals surface area contributed by atoms with E-state index in [1.54, 1.807) is 66.7 Å². The monoisotopic (exact) mass is 639 g/mol. The van der Waals surface area contributed by atoms with Crippen LogP contribution in [0.5, 0.6) is 0 Å². The molecule has 11 nitrogen and oxygen atoms in total. The zero-order chi connectivity index (χ0) is 32.5. The number of carboxylic acid groups (broad SMARTS) is 1. The van der Waals surface area contributed by atoms with E-state index in [1.165, 1.54) is 7.05 Å². The van der Waals surface area contributed by atoms with Crippen molar-refractivity contribution in [1.29, 1.82) is 5.26 Å². The van der Waals surface area contributed by atoms with Crippen molar-refractivity contribution >= 4 is 45.0 Å². The Morgan fingerprint density at radius 2 is 1.77 bits per heavy atom. The Bertz CT molecular complexity index is 1680. The number of benzene rings is 3. The fourth-order valence-corrected chi connectivity index (χ4v) is 4.45. The largest absolute Gasteiger partial charge is 0.490 e. The third-order valence-electron chi connectivity index (χ3n) is 5.85. The number of nitriles is 1. The number of carboxylic acids is 1. The van der Waals surface area contributed by atoms with Crippen molar-refractivity contribution in [2.24, 2.45) is 10.9 Å². The van der Waals surface area contributed by atoms with E-state index < -0.39 is 34.1 Å². The SMILES string of the molecule is CN(C(Cc1cccc(/C(N)=N/O)c1)C(=O)Nc1ccc(-c2ccccc2C#N)cc1Cl)S(C)(=O)=O.O=C(O)C(F)(F)F. The maximum Gasteiger partial charge on any atom is 0.490 e. The van der Waals surface area contributed by atoms with Crippen LogP contribution in [0.3, 0.4) is 0 Å². The average Bonchev–Trinajstić information content (AvgIpc) is 2.95. The molecule has 1 amide bonds. The highest BCUT2D eigenvalue weighted by Gasteiger charge is 2.38. The maximum absolute atomic E-state index is 13.3. The molecule has 0 radical (unpaired) electrons. The number of oxime groups is 1. The summed E-state index contributed by atoms with van der Waals surface area (Å²) < 4.78 is 57.3. The number of carbonyl (C=O) groups is 2. The predicted molar refractivity (Wildman–Crippen MR) is 153 cm³/mol. The van der Waals surface area contributed by atoms with Crippen LogP contribution >= 0.6 is 11.6 Å². The van der Waals surface area contributed by atoms with E-state index in [4.69, 9.17) is 32.4 Å². The Kier molecular flexibility index (Phi) is 11.6. The Hall–Kier alpha value is -4.65. The van der Waals surface area contributed by atoms with Crippen molar-refractivity contribution in [1.82, 2.24) is 4.31 Å². The number of amidine groups is 1. The van der Waals surface area contributed by atoms with Crippen LogP contribution in [0.2, 0.25) is 5.02 Å². The van der Waals surface area contributed by atoms with Gasteiger partial charge < -0.3 is 21.4 Å². The number of rotatable bonds is 8. The van der Waals surface area contributed by atoms with Gasteiger partial charge in [0.2, 0.25) is 15.9 Å². The summed E-state index contributed by atoms with van der Waals surface area (Å²) >= 11 is 6.44. The molecule has 0 aliphatic rings. The molecule has 3 rings (SSSR count). The second-order valence-corrected chi connectivity index (χ2v) is 11.3. The average molecular weight is 640 g/mol. The zero-order valence-corrected chi connectivity index (χ0v) is 24.1. The van der Waals surface area contributed by atoms with Crippen LogP contribution in [-0.2, 0) is 26.0 Å². The van der Waals surface area contributed by atoms with Crippen molar-refractivity contribution in [3.8, 4) is 17.2 Å². The standard InChI is InChI=1S/C25H24ClN5O4S.C2HF3O2/c1-31(36(2,34)35)23(13-16-6-5-8-18(12-16)24(28)30-33)25(32)29-22-11-10-17(14-21(22)26)20-9-4-3-7-19(20)15-27;3-2(4,5)1(6)7/h3-12,14,23,33H,13H2,1-2H3,(H2,28,30)(H,29,32);(H,6,7). The first-order valence-corrected chi connectivity index (χ1v) is 14.1. The first-order valence-electron chi connectivity index (χ1n) is 11.9. The summed E-state index contributed by atoms with van der Waals surface area (Å²) in [6.45, 7) is 0. The van der Waals surface area contributed by atoms with Crippen LogP contribution in [0.4, 0.5) is 18.9 Å². The summed E-state index contributed by atoms with van der Waals surface area (Å²) in [6, 6.07) is 19.6. The summed E-state index contributed by atoms with van der Waals surface area (Å²) in [6.07, 6.45) is -4.05. The van der Waals surface area contributed by atoms with E-state index in [0.717, 1.165) is 10.6 Å².